The van der Waals surface area contributed by atoms with Crippen molar-refractivity contribution in [3.8, 4) is 11.5 Å². The SMILES string of the molecule is O=C(NNC(=O)c1cccc(Cl)c1)c1ccc(-c2nnco2)cc1. The number of hydrogen-bond acceptors (Lipinski definition) is 5. The summed E-state index contributed by atoms with van der Waals surface area (Å²) in [4.78, 5) is 24.0. The lowest BCUT2D eigenvalue weighted by Gasteiger charge is -2.08. The van der Waals surface area contributed by atoms with Gasteiger partial charge in [0.2, 0.25) is 12.3 Å². The molecule has 3 rings (SSSR count). The quantitative estimate of drug-likeness (QED) is 0.713. The van der Waals surface area contributed by atoms with Gasteiger partial charge in [-0.05, 0) is 42.5 Å². The van der Waals surface area contributed by atoms with E-state index < -0.39 is 11.8 Å². The van der Waals surface area contributed by atoms with Crippen LogP contribution in [-0.2, 0) is 0 Å². The van der Waals surface area contributed by atoms with Gasteiger partial charge >= 0.3 is 0 Å². The zero-order valence-electron chi connectivity index (χ0n) is 12.2. The average Bonchev–Trinajstić information content (AvgIpc) is 3.14. The van der Waals surface area contributed by atoms with Crippen LogP contribution in [0.5, 0.6) is 0 Å². The highest BCUT2D eigenvalue weighted by Crippen LogP contribution is 2.16. The van der Waals surface area contributed by atoms with Crippen LogP contribution >= 0.6 is 11.6 Å². The van der Waals surface area contributed by atoms with Crippen molar-refractivity contribution in [2.45, 2.75) is 0 Å². The molecule has 7 nitrogen and oxygen atoms in total. The van der Waals surface area contributed by atoms with E-state index in [9.17, 15) is 9.59 Å². The van der Waals surface area contributed by atoms with E-state index in [1.54, 1.807) is 42.5 Å². The van der Waals surface area contributed by atoms with E-state index in [1.165, 1.54) is 12.5 Å². The molecule has 0 unspecified atom stereocenters. The molecule has 0 aliphatic rings. The van der Waals surface area contributed by atoms with Gasteiger partial charge in [0, 0.05) is 21.7 Å². The van der Waals surface area contributed by atoms with Crippen molar-refractivity contribution in [1.29, 1.82) is 0 Å². The number of hydrogen-bond donors (Lipinski definition) is 2. The second-order valence-corrected chi connectivity index (χ2v) is 5.18. The highest BCUT2D eigenvalue weighted by Gasteiger charge is 2.10. The first-order valence-corrected chi connectivity index (χ1v) is 7.24. The summed E-state index contributed by atoms with van der Waals surface area (Å²) in [6.45, 7) is 0. The van der Waals surface area contributed by atoms with Crippen molar-refractivity contribution in [3.63, 3.8) is 0 Å². The van der Waals surface area contributed by atoms with E-state index in [0.717, 1.165) is 0 Å². The molecule has 0 spiro atoms. The van der Waals surface area contributed by atoms with Crippen LogP contribution in [0.4, 0.5) is 0 Å². The molecule has 0 fully saturated rings. The first-order chi connectivity index (χ1) is 11.6. The highest BCUT2D eigenvalue weighted by atomic mass is 35.5. The number of aromatic nitrogens is 2. The molecule has 2 N–H and O–H groups in total. The third-order valence-corrected chi connectivity index (χ3v) is 3.37. The summed E-state index contributed by atoms with van der Waals surface area (Å²) in [7, 11) is 0. The standard InChI is InChI=1S/C16H11ClN4O3/c17-13-3-1-2-12(8-13)15(23)20-19-14(22)10-4-6-11(7-5-10)16-21-18-9-24-16/h1-9H,(H,19,22)(H,20,23). The largest absolute Gasteiger partial charge is 0.423 e. The normalized spacial score (nSPS) is 10.2. The molecule has 2 aromatic carbocycles. The van der Waals surface area contributed by atoms with Gasteiger partial charge in [-0.15, -0.1) is 10.2 Å². The van der Waals surface area contributed by atoms with Crippen LogP contribution in [0.3, 0.4) is 0 Å². The molecule has 0 saturated carbocycles. The fourth-order valence-corrected chi connectivity index (χ4v) is 2.14. The minimum Gasteiger partial charge on any atom is -0.423 e. The number of amides is 2. The molecule has 2 amide bonds. The maximum Gasteiger partial charge on any atom is 0.269 e. The summed E-state index contributed by atoms with van der Waals surface area (Å²) in [5.74, 6) is -0.563. The third kappa shape index (κ3) is 3.58. The van der Waals surface area contributed by atoms with Crippen LogP contribution < -0.4 is 10.9 Å². The van der Waals surface area contributed by atoms with E-state index in [0.29, 0.717) is 27.6 Å². The molecular weight excluding hydrogens is 332 g/mol. The van der Waals surface area contributed by atoms with E-state index >= 15 is 0 Å². The van der Waals surface area contributed by atoms with E-state index in [4.69, 9.17) is 16.0 Å². The molecule has 24 heavy (non-hydrogen) atoms. The van der Waals surface area contributed by atoms with Crippen LogP contribution in [0.2, 0.25) is 5.02 Å². The number of rotatable bonds is 3. The molecule has 1 aromatic heterocycles. The number of hydrazine groups is 1. The minimum atomic E-state index is -0.465. The lowest BCUT2D eigenvalue weighted by Crippen LogP contribution is -2.41. The van der Waals surface area contributed by atoms with Gasteiger partial charge in [-0.1, -0.05) is 17.7 Å². The molecular formula is C16H11ClN4O3. The number of carbonyl (C=O) groups excluding carboxylic acids is 2. The maximum absolute atomic E-state index is 12.0. The Bertz CT molecular complexity index is 863. The van der Waals surface area contributed by atoms with Gasteiger partial charge in [0.15, 0.2) is 0 Å². The van der Waals surface area contributed by atoms with Crippen molar-refractivity contribution < 1.29 is 14.0 Å². The molecule has 3 aromatic rings. The molecule has 0 radical (unpaired) electrons. The van der Waals surface area contributed by atoms with Crippen LogP contribution in [-0.4, -0.2) is 22.0 Å². The van der Waals surface area contributed by atoms with Gasteiger partial charge in [0.25, 0.3) is 11.8 Å². The van der Waals surface area contributed by atoms with Gasteiger partial charge in [0.1, 0.15) is 0 Å². The van der Waals surface area contributed by atoms with Crippen LogP contribution in [0, 0.1) is 0 Å². The van der Waals surface area contributed by atoms with Gasteiger partial charge in [0.05, 0.1) is 0 Å². The van der Waals surface area contributed by atoms with Gasteiger partial charge in [-0.2, -0.15) is 0 Å². The Kier molecular flexibility index (Phi) is 4.53. The molecule has 0 saturated heterocycles. The molecule has 0 bridgehead atoms. The lowest BCUT2D eigenvalue weighted by atomic mass is 10.1. The predicted octanol–water partition coefficient (Wildman–Crippen LogP) is 2.46. The Hall–Kier alpha value is -3.19. The number of nitrogens with one attached hydrogen (secondary N) is 2. The van der Waals surface area contributed by atoms with Crippen molar-refractivity contribution in [1.82, 2.24) is 21.0 Å². The summed E-state index contributed by atoms with van der Waals surface area (Å²) in [5, 5.41) is 7.80. The molecule has 0 atom stereocenters. The first-order valence-electron chi connectivity index (χ1n) is 6.86. The summed E-state index contributed by atoms with van der Waals surface area (Å²) in [6, 6.07) is 12.9. The van der Waals surface area contributed by atoms with Crippen molar-refractivity contribution in [2.24, 2.45) is 0 Å². The minimum absolute atomic E-state index is 0.342. The molecule has 8 heteroatoms. The van der Waals surface area contributed by atoms with Crippen LogP contribution in [0.15, 0.2) is 59.3 Å². The van der Waals surface area contributed by atoms with E-state index in [2.05, 4.69) is 21.0 Å². The zero-order valence-corrected chi connectivity index (χ0v) is 12.9. The smallest absolute Gasteiger partial charge is 0.269 e. The zero-order chi connectivity index (χ0) is 16.9. The third-order valence-electron chi connectivity index (χ3n) is 3.13. The van der Waals surface area contributed by atoms with Crippen molar-refractivity contribution >= 4 is 23.4 Å². The molecule has 1 heterocycles. The van der Waals surface area contributed by atoms with Gasteiger partial charge in [-0.25, -0.2) is 0 Å². The monoisotopic (exact) mass is 342 g/mol. The Balaban J connectivity index is 1.62. The predicted molar refractivity (Wildman–Crippen MR) is 86.1 cm³/mol. The average molecular weight is 343 g/mol. The van der Waals surface area contributed by atoms with E-state index in [1.807, 2.05) is 0 Å². The Morgan fingerprint density at radius 1 is 0.958 bits per heavy atom. The lowest BCUT2D eigenvalue weighted by molar-refractivity contribution is 0.0846. The van der Waals surface area contributed by atoms with E-state index in [-0.39, 0.29) is 0 Å². The van der Waals surface area contributed by atoms with Crippen molar-refractivity contribution in [2.75, 3.05) is 0 Å². The Morgan fingerprint density at radius 3 is 2.29 bits per heavy atom. The maximum atomic E-state index is 12.0. The molecule has 0 aliphatic carbocycles. The Morgan fingerprint density at radius 2 is 1.67 bits per heavy atom. The second-order valence-electron chi connectivity index (χ2n) is 4.74. The Labute approximate surface area is 141 Å². The highest BCUT2D eigenvalue weighted by molar-refractivity contribution is 6.30. The fourth-order valence-electron chi connectivity index (χ4n) is 1.95. The van der Waals surface area contributed by atoms with Crippen molar-refractivity contribution in [3.05, 3.63) is 71.1 Å². The summed E-state index contributed by atoms with van der Waals surface area (Å²) in [5.41, 5.74) is 6.06. The van der Waals surface area contributed by atoms with Crippen LogP contribution in [0.25, 0.3) is 11.5 Å². The number of halogens is 1. The number of benzene rings is 2. The first kappa shape index (κ1) is 15.7. The summed E-state index contributed by atoms with van der Waals surface area (Å²) >= 11 is 5.82. The molecule has 0 aliphatic heterocycles. The summed E-state index contributed by atoms with van der Waals surface area (Å²) in [6.07, 6.45) is 1.22. The number of nitrogens with zero attached hydrogens (tertiary/aromatic N) is 2. The van der Waals surface area contributed by atoms with Crippen LogP contribution in [0.1, 0.15) is 20.7 Å². The number of carbonyl (C=O) groups is 2. The fraction of sp³-hybridized carbons (Fsp3) is 0. The van der Waals surface area contributed by atoms with Gasteiger partial charge in [-0.3, -0.25) is 20.4 Å². The molecule has 120 valence electrons. The summed E-state index contributed by atoms with van der Waals surface area (Å²) < 4.78 is 5.07. The topological polar surface area (TPSA) is 97.1 Å². The second kappa shape index (κ2) is 6.93. The van der Waals surface area contributed by atoms with Gasteiger partial charge < -0.3 is 4.42 Å².